The van der Waals surface area contributed by atoms with Gasteiger partial charge in [-0.2, -0.15) is 0 Å². The molecule has 0 radical (unpaired) electrons. The van der Waals surface area contributed by atoms with E-state index in [1.165, 1.54) is 6.42 Å². The first-order valence-electron chi connectivity index (χ1n) is 8.21. The highest BCUT2D eigenvalue weighted by Crippen LogP contribution is 2.25. The largest absolute Gasteiger partial charge is 0.462 e. The summed E-state index contributed by atoms with van der Waals surface area (Å²) in [6, 6.07) is 12.3. The Kier molecular flexibility index (Phi) is 6.33. The number of hydrogen-bond acceptors (Lipinski definition) is 2. The summed E-state index contributed by atoms with van der Waals surface area (Å²) in [6.45, 7) is 4.27. The number of benzene rings is 2. The van der Waals surface area contributed by atoms with Crippen molar-refractivity contribution >= 4 is 5.97 Å². The zero-order chi connectivity index (χ0) is 16.7. The molecule has 2 rings (SSSR count). The third kappa shape index (κ3) is 4.65. The Morgan fingerprint density at radius 2 is 1.78 bits per heavy atom. The number of esters is 1. The zero-order valence-electron chi connectivity index (χ0n) is 13.8. The summed E-state index contributed by atoms with van der Waals surface area (Å²) in [5.41, 5.74) is 2.82. The number of carbonyl (C=O) groups is 1. The van der Waals surface area contributed by atoms with Gasteiger partial charge in [-0.25, -0.2) is 9.18 Å². The van der Waals surface area contributed by atoms with E-state index in [2.05, 4.69) is 6.92 Å². The first-order chi connectivity index (χ1) is 11.2. The molecule has 0 unspecified atom stereocenters. The Morgan fingerprint density at radius 3 is 2.39 bits per heavy atom. The van der Waals surface area contributed by atoms with Crippen LogP contribution in [0.1, 0.15) is 49.0 Å². The molecule has 2 aromatic rings. The van der Waals surface area contributed by atoms with Gasteiger partial charge in [-0.05, 0) is 49.1 Å². The molecule has 0 heterocycles. The maximum atomic E-state index is 14.3. The summed E-state index contributed by atoms with van der Waals surface area (Å²) in [4.78, 5) is 11.6. The van der Waals surface area contributed by atoms with Crippen LogP contribution in [0.15, 0.2) is 42.5 Å². The van der Waals surface area contributed by atoms with Gasteiger partial charge in [-0.3, -0.25) is 0 Å². The molecule has 0 aliphatic rings. The molecule has 0 aromatic heterocycles. The second-order valence-electron chi connectivity index (χ2n) is 5.57. The molecule has 0 bridgehead atoms. The number of halogens is 1. The van der Waals surface area contributed by atoms with Crippen molar-refractivity contribution in [1.82, 2.24) is 0 Å². The Balaban J connectivity index is 2.13. The van der Waals surface area contributed by atoms with Gasteiger partial charge in [-0.1, -0.05) is 44.0 Å². The number of rotatable bonds is 7. The summed E-state index contributed by atoms with van der Waals surface area (Å²) in [5, 5.41) is 0. The van der Waals surface area contributed by atoms with Crippen LogP contribution in [0.25, 0.3) is 11.1 Å². The van der Waals surface area contributed by atoms with Gasteiger partial charge >= 0.3 is 5.97 Å². The van der Waals surface area contributed by atoms with Gasteiger partial charge in [0.2, 0.25) is 0 Å². The molecule has 0 atom stereocenters. The normalized spacial score (nSPS) is 10.6. The van der Waals surface area contributed by atoms with Crippen molar-refractivity contribution in [2.45, 2.75) is 39.5 Å². The molecule has 122 valence electrons. The average Bonchev–Trinajstić information content (AvgIpc) is 2.56. The minimum Gasteiger partial charge on any atom is -0.462 e. The van der Waals surface area contributed by atoms with Gasteiger partial charge in [0.05, 0.1) is 12.2 Å². The standard InChI is InChI=1S/C20H23FO2/c1-3-5-6-7-15-8-13-18(19(21)14-15)16-9-11-17(12-10-16)20(22)23-4-2/h8-14H,3-7H2,1-2H3. The quantitative estimate of drug-likeness (QED) is 0.505. The molecule has 0 saturated carbocycles. The molecular weight excluding hydrogens is 291 g/mol. The fraction of sp³-hybridized carbons (Fsp3) is 0.350. The molecule has 0 aliphatic heterocycles. The molecule has 0 amide bonds. The van der Waals surface area contributed by atoms with E-state index in [1.807, 2.05) is 12.1 Å². The van der Waals surface area contributed by atoms with Crippen LogP contribution in [0.5, 0.6) is 0 Å². The predicted octanol–water partition coefficient (Wildman–Crippen LogP) is 5.40. The topological polar surface area (TPSA) is 26.3 Å². The van der Waals surface area contributed by atoms with E-state index in [0.717, 1.165) is 30.4 Å². The van der Waals surface area contributed by atoms with E-state index in [-0.39, 0.29) is 11.8 Å². The van der Waals surface area contributed by atoms with Crippen LogP contribution in [0.3, 0.4) is 0 Å². The lowest BCUT2D eigenvalue weighted by Gasteiger charge is -2.08. The molecule has 23 heavy (non-hydrogen) atoms. The number of unbranched alkanes of at least 4 members (excludes halogenated alkanes) is 2. The highest BCUT2D eigenvalue weighted by atomic mass is 19.1. The van der Waals surface area contributed by atoms with Gasteiger partial charge in [0, 0.05) is 5.56 Å². The SMILES string of the molecule is CCCCCc1ccc(-c2ccc(C(=O)OCC)cc2)c(F)c1. The Hall–Kier alpha value is -2.16. The fourth-order valence-electron chi connectivity index (χ4n) is 2.53. The Labute approximate surface area is 137 Å². The van der Waals surface area contributed by atoms with Gasteiger partial charge < -0.3 is 4.74 Å². The van der Waals surface area contributed by atoms with Crippen LogP contribution in [0, 0.1) is 5.82 Å². The zero-order valence-corrected chi connectivity index (χ0v) is 13.8. The maximum Gasteiger partial charge on any atom is 0.338 e. The van der Waals surface area contributed by atoms with Crippen molar-refractivity contribution in [3.05, 3.63) is 59.4 Å². The highest BCUT2D eigenvalue weighted by Gasteiger charge is 2.09. The Bertz CT molecular complexity index is 647. The lowest BCUT2D eigenvalue weighted by molar-refractivity contribution is 0.0526. The van der Waals surface area contributed by atoms with Crippen molar-refractivity contribution < 1.29 is 13.9 Å². The molecule has 0 fully saturated rings. The van der Waals surface area contributed by atoms with E-state index in [9.17, 15) is 9.18 Å². The van der Waals surface area contributed by atoms with E-state index in [4.69, 9.17) is 4.74 Å². The van der Waals surface area contributed by atoms with Crippen molar-refractivity contribution in [3.8, 4) is 11.1 Å². The van der Waals surface area contributed by atoms with Crippen LogP contribution in [-0.2, 0) is 11.2 Å². The van der Waals surface area contributed by atoms with Crippen LogP contribution in [-0.4, -0.2) is 12.6 Å². The van der Waals surface area contributed by atoms with E-state index in [0.29, 0.717) is 17.7 Å². The van der Waals surface area contributed by atoms with Crippen molar-refractivity contribution in [2.75, 3.05) is 6.61 Å². The summed E-state index contributed by atoms with van der Waals surface area (Å²) >= 11 is 0. The van der Waals surface area contributed by atoms with E-state index >= 15 is 0 Å². The molecule has 0 N–H and O–H groups in total. The third-order valence-corrected chi connectivity index (χ3v) is 3.81. The number of ether oxygens (including phenoxy) is 1. The summed E-state index contributed by atoms with van der Waals surface area (Å²) < 4.78 is 19.3. The minimum atomic E-state index is -0.356. The maximum absolute atomic E-state index is 14.3. The lowest BCUT2D eigenvalue weighted by Crippen LogP contribution is -2.04. The van der Waals surface area contributed by atoms with Gasteiger partial charge in [0.25, 0.3) is 0 Å². The third-order valence-electron chi connectivity index (χ3n) is 3.81. The molecule has 0 spiro atoms. The second-order valence-corrected chi connectivity index (χ2v) is 5.57. The van der Waals surface area contributed by atoms with Crippen LogP contribution in [0.2, 0.25) is 0 Å². The van der Waals surface area contributed by atoms with E-state index in [1.54, 1.807) is 37.3 Å². The van der Waals surface area contributed by atoms with E-state index < -0.39 is 0 Å². The molecule has 2 nitrogen and oxygen atoms in total. The highest BCUT2D eigenvalue weighted by molar-refractivity contribution is 5.90. The fourth-order valence-corrected chi connectivity index (χ4v) is 2.53. The smallest absolute Gasteiger partial charge is 0.338 e. The predicted molar refractivity (Wildman–Crippen MR) is 91.0 cm³/mol. The molecule has 3 heteroatoms. The van der Waals surface area contributed by atoms with Crippen molar-refractivity contribution in [3.63, 3.8) is 0 Å². The monoisotopic (exact) mass is 314 g/mol. The molecular formula is C20H23FO2. The van der Waals surface area contributed by atoms with Crippen molar-refractivity contribution in [1.29, 1.82) is 0 Å². The lowest BCUT2D eigenvalue weighted by atomic mass is 10.00. The van der Waals surface area contributed by atoms with Gasteiger partial charge in [0.1, 0.15) is 5.82 Å². The Morgan fingerprint density at radius 1 is 1.04 bits per heavy atom. The summed E-state index contributed by atoms with van der Waals surface area (Å²) in [5.74, 6) is -0.575. The summed E-state index contributed by atoms with van der Waals surface area (Å²) in [6.07, 6.45) is 4.32. The summed E-state index contributed by atoms with van der Waals surface area (Å²) in [7, 11) is 0. The molecule has 0 aliphatic carbocycles. The number of aryl methyl sites for hydroxylation is 1. The van der Waals surface area contributed by atoms with Gasteiger partial charge in [0.15, 0.2) is 0 Å². The number of hydrogen-bond donors (Lipinski definition) is 0. The number of carbonyl (C=O) groups excluding carboxylic acids is 1. The molecule has 0 saturated heterocycles. The first-order valence-corrected chi connectivity index (χ1v) is 8.21. The van der Waals surface area contributed by atoms with Crippen LogP contribution in [0.4, 0.5) is 4.39 Å². The van der Waals surface area contributed by atoms with Crippen LogP contribution < -0.4 is 0 Å². The average molecular weight is 314 g/mol. The minimum absolute atomic E-state index is 0.220. The van der Waals surface area contributed by atoms with Crippen LogP contribution >= 0.6 is 0 Å². The second kappa shape index (κ2) is 8.47. The van der Waals surface area contributed by atoms with Crippen molar-refractivity contribution in [2.24, 2.45) is 0 Å². The molecule has 2 aromatic carbocycles. The van der Waals surface area contributed by atoms with Gasteiger partial charge in [-0.15, -0.1) is 0 Å². The first kappa shape index (κ1) is 17.2.